The van der Waals surface area contributed by atoms with E-state index in [0.717, 1.165) is 12.1 Å². The van der Waals surface area contributed by atoms with Crippen molar-refractivity contribution in [3.05, 3.63) is 130 Å². The molecule has 0 amide bonds. The Morgan fingerprint density at radius 3 is 2.25 bits per heavy atom. The molecule has 0 saturated carbocycles. The molecule has 4 aliphatic rings. The van der Waals surface area contributed by atoms with Crippen molar-refractivity contribution in [2.45, 2.75) is 5.92 Å². The number of halogens is 4. The van der Waals surface area contributed by atoms with E-state index >= 15 is 13.3 Å². The molecule has 5 heterocycles. The van der Waals surface area contributed by atoms with Crippen LogP contribution in [0, 0.1) is 11.6 Å². The summed E-state index contributed by atoms with van der Waals surface area (Å²) >= 11 is 0. The van der Waals surface area contributed by atoms with Crippen LogP contribution in [0.15, 0.2) is 110 Å². The summed E-state index contributed by atoms with van der Waals surface area (Å²) in [4.78, 5) is 25.6. The van der Waals surface area contributed by atoms with E-state index in [-0.39, 0.29) is 57.2 Å². The average molecular weight is 589 g/mol. The molecule has 1 unspecified atom stereocenters. The fourth-order valence-electron chi connectivity index (χ4n) is 5.97. The molecule has 12 heteroatoms. The number of H-pyrrole nitrogens is 1. The molecule has 1 aromatic heterocycles. The molecule has 5 aromatic rings. The Labute approximate surface area is 245 Å². The third-order valence-electron chi connectivity index (χ3n) is 7.94. The molecule has 4 aromatic carbocycles. The van der Waals surface area contributed by atoms with Gasteiger partial charge in [-0.15, -0.1) is 5.12 Å². The molecular weight excluding hydrogens is 572 g/mol. The number of fused-ring (bicyclic) bond motifs is 18. The summed E-state index contributed by atoms with van der Waals surface area (Å²) in [5.74, 6) is -4.13. The molecular formula is C32H16F4N8. The quantitative estimate of drug-likeness (QED) is 0.126. The van der Waals surface area contributed by atoms with Crippen molar-refractivity contribution in [3.63, 3.8) is 0 Å². The fraction of sp³-hybridized carbons (Fsp3) is 0.0312. The van der Waals surface area contributed by atoms with Gasteiger partial charge in [0.25, 0.3) is 0 Å². The predicted molar refractivity (Wildman–Crippen MR) is 159 cm³/mol. The first-order valence-electron chi connectivity index (χ1n) is 13.6. The van der Waals surface area contributed by atoms with Crippen LogP contribution in [0.25, 0.3) is 10.8 Å². The molecule has 1 atom stereocenters. The molecule has 0 aliphatic carbocycles. The number of amidine groups is 5. The maximum absolute atomic E-state index is 17.0. The van der Waals surface area contributed by atoms with Crippen LogP contribution in [0.5, 0.6) is 0 Å². The van der Waals surface area contributed by atoms with Gasteiger partial charge in [-0.2, -0.15) is 4.39 Å². The zero-order valence-electron chi connectivity index (χ0n) is 22.3. The first-order chi connectivity index (χ1) is 21.4. The van der Waals surface area contributed by atoms with Crippen molar-refractivity contribution in [2.24, 2.45) is 25.0 Å². The van der Waals surface area contributed by atoms with E-state index in [0.29, 0.717) is 32.8 Å². The Kier molecular flexibility index (Phi) is 4.80. The van der Waals surface area contributed by atoms with E-state index in [1.807, 2.05) is 6.07 Å². The van der Waals surface area contributed by atoms with Gasteiger partial charge in [0.05, 0.1) is 5.56 Å². The van der Waals surface area contributed by atoms with Crippen molar-refractivity contribution in [2.75, 3.05) is 5.12 Å². The largest absolute Gasteiger partial charge is 0.323 e. The second kappa shape index (κ2) is 8.57. The number of benzene rings is 4. The summed E-state index contributed by atoms with van der Waals surface area (Å²) in [6.07, 6.45) is 0. The number of anilines is 1. The van der Waals surface area contributed by atoms with Crippen LogP contribution in [0.4, 0.5) is 29.3 Å². The fourth-order valence-corrected chi connectivity index (χ4v) is 5.97. The van der Waals surface area contributed by atoms with Crippen molar-refractivity contribution in [3.8, 4) is 0 Å². The van der Waals surface area contributed by atoms with Crippen molar-refractivity contribution in [1.82, 2.24) is 10.3 Å². The van der Waals surface area contributed by atoms with Crippen molar-refractivity contribution >= 4 is 51.6 Å². The van der Waals surface area contributed by atoms with Gasteiger partial charge >= 0.3 is 5.92 Å². The van der Waals surface area contributed by atoms with E-state index < -0.39 is 17.6 Å². The molecule has 8 nitrogen and oxygen atoms in total. The molecule has 4 aliphatic heterocycles. The van der Waals surface area contributed by atoms with Crippen LogP contribution in [0.1, 0.15) is 33.4 Å². The molecule has 212 valence electrons. The van der Waals surface area contributed by atoms with Crippen LogP contribution >= 0.6 is 0 Å². The third-order valence-corrected chi connectivity index (χ3v) is 7.94. The van der Waals surface area contributed by atoms with Gasteiger partial charge in [0, 0.05) is 38.6 Å². The predicted octanol–water partition coefficient (Wildman–Crippen LogP) is 6.33. The topological polar surface area (TPSA) is 92.9 Å². The van der Waals surface area contributed by atoms with E-state index in [2.05, 4.69) is 30.3 Å². The maximum Gasteiger partial charge on any atom is 0.305 e. The second-order valence-corrected chi connectivity index (χ2v) is 10.5. The summed E-state index contributed by atoms with van der Waals surface area (Å²) in [7, 11) is 0. The molecule has 2 N–H and O–H groups in total. The molecule has 9 rings (SSSR count). The van der Waals surface area contributed by atoms with E-state index in [1.165, 1.54) is 24.3 Å². The lowest BCUT2D eigenvalue weighted by molar-refractivity contribution is 0.165. The van der Waals surface area contributed by atoms with Crippen LogP contribution in [-0.2, 0) is 5.92 Å². The highest BCUT2D eigenvalue weighted by Gasteiger charge is 2.46. The van der Waals surface area contributed by atoms with Crippen LogP contribution < -0.4 is 10.4 Å². The van der Waals surface area contributed by atoms with Crippen molar-refractivity contribution in [1.29, 1.82) is 0 Å². The molecule has 8 bridgehead atoms. The summed E-state index contributed by atoms with van der Waals surface area (Å²) < 4.78 is 63.3. The summed E-state index contributed by atoms with van der Waals surface area (Å²) in [6, 6.07) is 21.7. The Balaban J connectivity index is 1.38. The summed E-state index contributed by atoms with van der Waals surface area (Å²) in [5.41, 5.74) is 1.13. The highest BCUT2D eigenvalue weighted by Crippen LogP contribution is 2.40. The second-order valence-electron chi connectivity index (χ2n) is 10.5. The number of aliphatic imine (C=N–C) groups is 5. The van der Waals surface area contributed by atoms with E-state index in [1.54, 1.807) is 42.5 Å². The number of hydrogen-bond acceptors (Lipinski definition) is 7. The lowest BCUT2D eigenvalue weighted by Crippen LogP contribution is -2.34. The van der Waals surface area contributed by atoms with Gasteiger partial charge < -0.3 is 10.3 Å². The highest BCUT2D eigenvalue weighted by atomic mass is 19.2. The van der Waals surface area contributed by atoms with E-state index in [4.69, 9.17) is 4.99 Å². The molecule has 0 spiro atoms. The number of nitrogens with zero attached hydrogens (tertiary/aromatic N) is 6. The highest BCUT2D eigenvalue weighted by molar-refractivity contribution is 6.29. The number of aromatic amines is 1. The zero-order valence-corrected chi connectivity index (χ0v) is 22.3. The zero-order chi connectivity index (χ0) is 29.7. The van der Waals surface area contributed by atoms with Gasteiger partial charge in [-0.3, -0.25) is 0 Å². The first-order valence-corrected chi connectivity index (χ1v) is 13.6. The Bertz CT molecular complexity index is 2280. The maximum atomic E-state index is 17.0. The minimum Gasteiger partial charge on any atom is -0.323 e. The Hall–Kier alpha value is -5.91. The minimum absolute atomic E-state index is 0.000480. The Morgan fingerprint density at radius 2 is 1.43 bits per heavy atom. The minimum atomic E-state index is -2.78. The number of nitrogens with one attached hydrogen (secondary N) is 2. The standard InChI is InChI=1S/C32H16F4N8/c33-15-12-13-20-21(14-15)28-41-31(20)44(36)30-19-9-4-3-8-18(19)27(40-30)38-25-16-6-1-2-7-17(16)26(37-25)39-29-24-22(10-5-11-23(24)34)32(35,42-28)43-29/h1-14,40H,(H,37,38,39,43). The van der Waals surface area contributed by atoms with Gasteiger partial charge in [0.1, 0.15) is 23.3 Å². The summed E-state index contributed by atoms with van der Waals surface area (Å²) in [6.45, 7) is 0. The van der Waals surface area contributed by atoms with Gasteiger partial charge in [-0.25, -0.2) is 33.7 Å². The molecule has 0 radical (unpaired) electrons. The number of alkyl halides is 1. The average Bonchev–Trinajstić information content (AvgIpc) is 3.74. The lowest BCUT2D eigenvalue weighted by atomic mass is 10.1. The van der Waals surface area contributed by atoms with Gasteiger partial charge in [-0.1, -0.05) is 65.1 Å². The number of aromatic nitrogens is 1. The first kappa shape index (κ1) is 24.7. The van der Waals surface area contributed by atoms with Crippen molar-refractivity contribution < 1.29 is 17.7 Å². The molecule has 0 fully saturated rings. The van der Waals surface area contributed by atoms with Gasteiger partial charge in [-0.05, 0) is 24.3 Å². The van der Waals surface area contributed by atoms with Gasteiger partial charge in [0.2, 0.25) is 0 Å². The third kappa shape index (κ3) is 3.35. The number of rotatable bonds is 0. The van der Waals surface area contributed by atoms with Crippen LogP contribution in [-0.4, -0.2) is 34.2 Å². The lowest BCUT2D eigenvalue weighted by Gasteiger charge is -2.17. The van der Waals surface area contributed by atoms with E-state index in [9.17, 15) is 4.39 Å². The normalized spacial score (nSPS) is 19.4. The van der Waals surface area contributed by atoms with Gasteiger partial charge in [0.15, 0.2) is 29.2 Å². The monoisotopic (exact) mass is 588 g/mol. The smallest absolute Gasteiger partial charge is 0.305 e. The SMILES string of the molecule is Fc1ccc2c(c1)C1=NC3(F)NC(=NC4=NC(=Nc5[nH]c(c6ccccc56)N(F)C2=N1)c1ccccc14)c1c(F)cccc13. The molecule has 44 heavy (non-hydrogen) atoms. The molecule has 0 saturated heterocycles. The number of hydrogen-bond donors (Lipinski definition) is 2. The summed E-state index contributed by atoms with van der Waals surface area (Å²) in [5, 5.41) is 3.98. The van der Waals surface area contributed by atoms with Crippen LogP contribution in [0.2, 0.25) is 0 Å². The van der Waals surface area contributed by atoms with Crippen LogP contribution in [0.3, 0.4) is 0 Å². The Morgan fingerprint density at radius 1 is 0.682 bits per heavy atom.